The van der Waals surface area contributed by atoms with E-state index in [1.165, 1.54) is 11.1 Å². The van der Waals surface area contributed by atoms with Crippen molar-refractivity contribution in [1.29, 1.82) is 0 Å². The number of rotatable bonds is 16. The number of benzene rings is 4. The van der Waals surface area contributed by atoms with Crippen molar-refractivity contribution < 1.29 is 13.9 Å². The molecule has 0 aliphatic heterocycles. The Morgan fingerprint density at radius 2 is 0.867 bits per heavy atom. The van der Waals surface area contributed by atoms with E-state index in [0.717, 1.165) is 72.1 Å². The van der Waals surface area contributed by atoms with Crippen molar-refractivity contribution in [1.82, 2.24) is 9.80 Å². The van der Waals surface area contributed by atoms with Crippen LogP contribution >= 0.6 is 15.6 Å². The van der Waals surface area contributed by atoms with E-state index in [1.807, 2.05) is 62.4 Å². The Labute approximate surface area is 272 Å². The van der Waals surface area contributed by atoms with Gasteiger partial charge < -0.3 is 0 Å². The highest BCUT2D eigenvalue weighted by atomic mass is 31.1. The summed E-state index contributed by atoms with van der Waals surface area (Å²) < 4.78 is 34.0. The molecule has 0 saturated carbocycles. The minimum absolute atomic E-state index is 0.608. The Morgan fingerprint density at radius 3 is 1.20 bits per heavy atom. The van der Waals surface area contributed by atoms with Crippen molar-refractivity contribution in [3.8, 4) is 22.3 Å². The van der Waals surface area contributed by atoms with Crippen LogP contribution in [0.5, 0.6) is 0 Å². The molecule has 4 atom stereocenters. The van der Waals surface area contributed by atoms with Gasteiger partial charge in [-0.05, 0) is 72.7 Å². The lowest BCUT2D eigenvalue weighted by molar-refractivity contribution is 0.103. The average Bonchev–Trinajstić information content (AvgIpc) is 3.09. The Balaban J connectivity index is 1.48. The first-order valence-corrected chi connectivity index (χ1v) is 18.8. The molecule has 0 bridgehead atoms. The maximum atomic E-state index is 13.9. The Morgan fingerprint density at radius 1 is 0.533 bits per heavy atom. The molecule has 4 unspecified atom stereocenters. The van der Waals surface area contributed by atoms with Gasteiger partial charge in [-0.2, -0.15) is 0 Å². The van der Waals surface area contributed by atoms with Crippen molar-refractivity contribution in [3.63, 3.8) is 0 Å². The summed E-state index contributed by atoms with van der Waals surface area (Å²) in [4.78, 5) is 4.76. The molecule has 4 aromatic carbocycles. The van der Waals surface area contributed by atoms with E-state index in [0.29, 0.717) is 0 Å². The standard InChI is InChI=1S/C38H48N2O3P2/c1-7-39(8-2)27-31-19-23-33(24-20-31)35-15-11-13-17-37(35)44(41)29(5)43-30(6)45(42)38-18-14-12-16-36(38)34-25-21-32(22-26-34)28-40(9-3)10-4/h11-26,29-30H,7-10,27-28H2,1-6H3/q+2. The molecule has 0 aliphatic carbocycles. The number of hydrogen-bond acceptors (Lipinski definition) is 5. The predicted octanol–water partition coefficient (Wildman–Crippen LogP) is 9.02. The van der Waals surface area contributed by atoms with E-state index in [9.17, 15) is 9.13 Å². The molecule has 0 spiro atoms. The first-order valence-electron chi connectivity index (χ1n) is 16.2. The molecule has 0 fully saturated rings. The average molecular weight is 643 g/mol. The molecule has 5 nitrogen and oxygen atoms in total. The third kappa shape index (κ3) is 9.03. The summed E-state index contributed by atoms with van der Waals surface area (Å²) in [7, 11) is -3.83. The number of hydrogen-bond donors (Lipinski definition) is 0. The molecule has 0 radical (unpaired) electrons. The second-order valence-corrected chi connectivity index (χ2v) is 15.1. The quantitative estimate of drug-likeness (QED) is 0.114. The van der Waals surface area contributed by atoms with E-state index in [1.54, 1.807) is 0 Å². The first kappa shape index (κ1) is 34.8. The highest BCUT2D eigenvalue weighted by Gasteiger charge is 2.40. The normalized spacial score (nSPS) is 13.6. The topological polar surface area (TPSA) is 49.9 Å². The van der Waals surface area contributed by atoms with Gasteiger partial charge >= 0.3 is 15.6 Å². The van der Waals surface area contributed by atoms with E-state index in [4.69, 9.17) is 4.74 Å². The van der Waals surface area contributed by atoms with Gasteiger partial charge in [-0.25, -0.2) is 0 Å². The molecule has 0 saturated heterocycles. The summed E-state index contributed by atoms with van der Waals surface area (Å²) in [5.41, 5.74) is 6.45. The van der Waals surface area contributed by atoms with Crippen LogP contribution in [0, 0.1) is 0 Å². The third-order valence-electron chi connectivity index (χ3n) is 8.47. The number of ether oxygens (including phenoxy) is 1. The Kier molecular flexibility index (Phi) is 13.2. The van der Waals surface area contributed by atoms with Crippen LogP contribution in [0.4, 0.5) is 0 Å². The molecule has 4 aromatic rings. The molecule has 0 aliphatic rings. The van der Waals surface area contributed by atoms with Crippen LogP contribution in [0.15, 0.2) is 97.1 Å². The number of nitrogens with zero attached hydrogens (tertiary/aromatic N) is 2. The zero-order chi connectivity index (χ0) is 32.3. The maximum absolute atomic E-state index is 13.9. The van der Waals surface area contributed by atoms with Gasteiger partial charge in [-0.3, -0.25) is 14.5 Å². The minimum atomic E-state index is -1.91. The summed E-state index contributed by atoms with van der Waals surface area (Å²) in [6.45, 7) is 18.2. The molecule has 45 heavy (non-hydrogen) atoms. The third-order valence-corrected chi connectivity index (χ3v) is 11.8. The zero-order valence-corrected chi connectivity index (χ0v) is 29.4. The monoisotopic (exact) mass is 642 g/mol. The molecule has 4 rings (SSSR count). The Bertz CT molecular complexity index is 1430. The van der Waals surface area contributed by atoms with Crippen molar-refractivity contribution in [2.45, 2.75) is 66.3 Å². The van der Waals surface area contributed by atoms with Crippen molar-refractivity contribution in [3.05, 3.63) is 108 Å². The fraction of sp³-hybridized carbons (Fsp3) is 0.368. The van der Waals surface area contributed by atoms with E-state index >= 15 is 0 Å². The van der Waals surface area contributed by atoms with Gasteiger partial charge in [0.2, 0.25) is 10.6 Å². The fourth-order valence-corrected chi connectivity index (χ4v) is 8.41. The molecular formula is C38H48N2O3P2+2. The zero-order valence-electron chi connectivity index (χ0n) is 27.6. The van der Waals surface area contributed by atoms with Crippen LogP contribution in [-0.2, 0) is 27.0 Å². The first-order chi connectivity index (χ1) is 21.8. The molecule has 236 valence electrons. The highest BCUT2D eigenvalue weighted by molar-refractivity contribution is 7.55. The summed E-state index contributed by atoms with van der Waals surface area (Å²) in [5, 5.41) is 1.51. The van der Waals surface area contributed by atoms with Gasteiger partial charge in [0.25, 0.3) is 11.7 Å². The second kappa shape index (κ2) is 17.0. The highest BCUT2D eigenvalue weighted by Crippen LogP contribution is 2.39. The Hall–Kier alpha value is -3.04. The SMILES string of the molecule is CCN(CC)Cc1ccc(-c2ccccc2[P+](=O)C(C)OC(C)[P+](=O)c2ccccc2-c2ccc(CN(CC)CC)cc2)cc1. The fourth-order valence-electron chi connectivity index (χ4n) is 5.60. The van der Waals surface area contributed by atoms with Gasteiger partial charge in [-0.1, -0.05) is 110 Å². The van der Waals surface area contributed by atoms with Gasteiger partial charge in [0, 0.05) is 38.1 Å². The van der Waals surface area contributed by atoms with Gasteiger partial charge in [-0.15, -0.1) is 0 Å². The lowest BCUT2D eigenvalue weighted by atomic mass is 10.0. The van der Waals surface area contributed by atoms with Crippen LogP contribution in [0.3, 0.4) is 0 Å². The summed E-state index contributed by atoms with van der Waals surface area (Å²) >= 11 is 0. The van der Waals surface area contributed by atoms with E-state index in [2.05, 4.69) is 86.0 Å². The molecule has 0 aromatic heterocycles. The van der Waals surface area contributed by atoms with Crippen LogP contribution in [0.25, 0.3) is 22.3 Å². The van der Waals surface area contributed by atoms with Crippen molar-refractivity contribution in [2.24, 2.45) is 0 Å². The molecule has 7 heteroatoms. The van der Waals surface area contributed by atoms with E-state index < -0.39 is 27.3 Å². The summed E-state index contributed by atoms with van der Waals surface area (Å²) in [5.74, 6) is -1.22. The van der Waals surface area contributed by atoms with Crippen LogP contribution in [0.2, 0.25) is 0 Å². The second-order valence-electron chi connectivity index (χ2n) is 11.3. The van der Waals surface area contributed by atoms with Crippen LogP contribution in [-0.4, -0.2) is 47.7 Å². The lowest BCUT2D eigenvalue weighted by Crippen LogP contribution is -2.22. The maximum Gasteiger partial charge on any atom is 0.408 e. The van der Waals surface area contributed by atoms with Gasteiger partial charge in [0.1, 0.15) is 0 Å². The summed E-state index contributed by atoms with van der Waals surface area (Å²) in [6.07, 6.45) is 0. The largest absolute Gasteiger partial charge is 0.408 e. The van der Waals surface area contributed by atoms with Crippen LogP contribution in [0.1, 0.15) is 52.7 Å². The van der Waals surface area contributed by atoms with E-state index in [-0.39, 0.29) is 0 Å². The van der Waals surface area contributed by atoms with Gasteiger partial charge in [0.05, 0.1) is 0 Å². The summed E-state index contributed by atoms with van der Waals surface area (Å²) in [6, 6.07) is 32.7. The van der Waals surface area contributed by atoms with Crippen molar-refractivity contribution in [2.75, 3.05) is 26.2 Å². The molecular weight excluding hydrogens is 594 g/mol. The molecule has 0 amide bonds. The minimum Gasteiger partial charge on any atom is -0.300 e. The van der Waals surface area contributed by atoms with Gasteiger partial charge in [0.15, 0.2) is 0 Å². The molecule has 0 heterocycles. The smallest absolute Gasteiger partial charge is 0.300 e. The predicted molar refractivity (Wildman–Crippen MR) is 191 cm³/mol. The lowest BCUT2D eigenvalue weighted by Gasteiger charge is -2.18. The molecule has 0 N–H and O–H groups in total. The van der Waals surface area contributed by atoms with Crippen molar-refractivity contribution >= 4 is 26.2 Å². The van der Waals surface area contributed by atoms with Crippen LogP contribution < -0.4 is 10.6 Å².